The number of thioether (sulfide) groups is 1. The molecular weight excluding hydrogens is 251 g/mol. The van der Waals surface area contributed by atoms with Crippen molar-refractivity contribution >= 4 is 35.0 Å². The number of rotatable bonds is 3. The van der Waals surface area contributed by atoms with Crippen molar-refractivity contribution in [3.8, 4) is 11.5 Å². The molecule has 0 aliphatic carbocycles. The fourth-order valence-corrected chi connectivity index (χ4v) is 1.91. The number of hydrogen-bond acceptors (Lipinski definition) is 3. The molecule has 1 atom stereocenters. The maximum atomic E-state index is 8.78. The lowest BCUT2D eigenvalue weighted by Crippen LogP contribution is -2.03. The van der Waals surface area contributed by atoms with Gasteiger partial charge in [0.25, 0.3) is 0 Å². The first kappa shape index (κ1) is 12.2. The normalized spacial score (nSPS) is 11.5. The topological polar surface area (TPSA) is 47.6 Å². The smallest absolute Gasteiger partial charge is 0.134 e. The van der Waals surface area contributed by atoms with E-state index in [1.165, 1.54) is 0 Å². The molecule has 0 aromatic heterocycles. The number of benzene rings is 1. The van der Waals surface area contributed by atoms with Crippen molar-refractivity contribution < 1.29 is 0 Å². The van der Waals surface area contributed by atoms with Crippen molar-refractivity contribution in [3.63, 3.8) is 0 Å². The van der Waals surface area contributed by atoms with E-state index in [2.05, 4.69) is 0 Å². The third-order valence-corrected chi connectivity index (χ3v) is 3.02. The molecule has 1 aromatic rings. The minimum absolute atomic E-state index is 0.411. The molecule has 1 rings (SSSR count). The van der Waals surface area contributed by atoms with Crippen molar-refractivity contribution in [1.82, 2.24) is 0 Å². The van der Waals surface area contributed by atoms with Gasteiger partial charge >= 0.3 is 0 Å². The fourth-order valence-electron chi connectivity index (χ4n) is 1.08. The Balaban J connectivity index is 2.84. The molecule has 0 unspecified atom stereocenters. The van der Waals surface area contributed by atoms with Gasteiger partial charge in [-0.2, -0.15) is 10.5 Å². The Bertz CT molecular complexity index is 434. The Kier molecular flexibility index (Phi) is 4.78. The summed E-state index contributed by atoms with van der Waals surface area (Å²) in [5, 5.41) is 19.9. The standard InChI is InChI=1S/C10H6Cl2N2S/c11-8-1-2-10(12)7(3-8)4-9(5-13)15-6-14/h1-3,9H,4H2/t9-/m0/s1. The average molecular weight is 257 g/mol. The molecule has 0 saturated heterocycles. The molecule has 5 heteroatoms. The first-order chi connectivity index (χ1) is 7.17. The summed E-state index contributed by atoms with van der Waals surface area (Å²) in [6, 6.07) is 7.12. The zero-order chi connectivity index (χ0) is 11.3. The highest BCUT2D eigenvalue weighted by molar-refractivity contribution is 8.04. The average Bonchev–Trinajstić information content (AvgIpc) is 2.22. The molecule has 0 aliphatic heterocycles. The lowest BCUT2D eigenvalue weighted by Gasteiger charge is -2.06. The lowest BCUT2D eigenvalue weighted by molar-refractivity contribution is 1.03. The second-order valence-electron chi connectivity index (χ2n) is 2.77. The fraction of sp³-hybridized carbons (Fsp3) is 0.200. The van der Waals surface area contributed by atoms with E-state index in [4.69, 9.17) is 33.7 Å². The van der Waals surface area contributed by atoms with E-state index in [1.807, 2.05) is 11.5 Å². The van der Waals surface area contributed by atoms with E-state index >= 15 is 0 Å². The molecule has 0 bridgehead atoms. The second-order valence-corrected chi connectivity index (χ2v) is 4.60. The van der Waals surface area contributed by atoms with Crippen LogP contribution in [0.2, 0.25) is 10.0 Å². The van der Waals surface area contributed by atoms with E-state index in [-0.39, 0.29) is 0 Å². The summed E-state index contributed by atoms with van der Waals surface area (Å²) < 4.78 is 0. The van der Waals surface area contributed by atoms with Gasteiger partial charge in [-0.15, -0.1) is 0 Å². The summed E-state index contributed by atoms with van der Waals surface area (Å²) in [5.41, 5.74) is 0.790. The van der Waals surface area contributed by atoms with Gasteiger partial charge in [0.15, 0.2) is 0 Å². The quantitative estimate of drug-likeness (QED) is 0.776. The number of thiocyanates is 1. The van der Waals surface area contributed by atoms with Crippen LogP contribution in [0.5, 0.6) is 0 Å². The van der Waals surface area contributed by atoms with Gasteiger partial charge in [-0.3, -0.25) is 0 Å². The zero-order valence-corrected chi connectivity index (χ0v) is 9.90. The summed E-state index contributed by atoms with van der Waals surface area (Å²) >= 11 is 12.7. The molecule has 0 N–H and O–H groups in total. The molecular formula is C10H6Cl2N2S. The van der Waals surface area contributed by atoms with Crippen LogP contribution < -0.4 is 0 Å². The zero-order valence-electron chi connectivity index (χ0n) is 7.58. The first-order valence-electron chi connectivity index (χ1n) is 4.05. The van der Waals surface area contributed by atoms with Crippen LogP contribution in [-0.4, -0.2) is 5.25 Å². The maximum absolute atomic E-state index is 8.78. The van der Waals surface area contributed by atoms with Gasteiger partial charge in [0.05, 0.1) is 6.07 Å². The third kappa shape index (κ3) is 3.64. The molecule has 2 nitrogen and oxygen atoms in total. The Hall–Kier alpha value is -0.870. The van der Waals surface area contributed by atoms with Gasteiger partial charge in [-0.1, -0.05) is 23.2 Å². The van der Waals surface area contributed by atoms with Crippen LogP contribution >= 0.6 is 35.0 Å². The number of nitriles is 2. The van der Waals surface area contributed by atoms with E-state index in [1.54, 1.807) is 18.2 Å². The third-order valence-electron chi connectivity index (χ3n) is 1.75. The number of halogens is 2. The van der Waals surface area contributed by atoms with Crippen LogP contribution in [0.15, 0.2) is 18.2 Å². The van der Waals surface area contributed by atoms with E-state index < -0.39 is 5.25 Å². The van der Waals surface area contributed by atoms with Crippen molar-refractivity contribution in [2.45, 2.75) is 11.7 Å². The molecule has 0 heterocycles. The van der Waals surface area contributed by atoms with Crippen LogP contribution in [0.3, 0.4) is 0 Å². The molecule has 0 fully saturated rings. The first-order valence-corrected chi connectivity index (χ1v) is 5.69. The molecule has 15 heavy (non-hydrogen) atoms. The van der Waals surface area contributed by atoms with Crippen molar-refractivity contribution in [2.75, 3.05) is 0 Å². The van der Waals surface area contributed by atoms with Crippen LogP contribution in [0.25, 0.3) is 0 Å². The highest BCUT2D eigenvalue weighted by Gasteiger charge is 2.11. The monoisotopic (exact) mass is 256 g/mol. The largest absolute Gasteiger partial charge is 0.197 e. The van der Waals surface area contributed by atoms with Crippen LogP contribution in [0, 0.1) is 22.0 Å². The second kappa shape index (κ2) is 5.88. The Morgan fingerprint density at radius 2 is 2.07 bits per heavy atom. The van der Waals surface area contributed by atoms with Gasteiger partial charge < -0.3 is 0 Å². The van der Waals surface area contributed by atoms with Gasteiger partial charge in [0.2, 0.25) is 0 Å². The molecule has 0 aliphatic rings. The van der Waals surface area contributed by atoms with Crippen molar-refractivity contribution in [3.05, 3.63) is 33.8 Å². The minimum Gasteiger partial charge on any atom is -0.197 e. The van der Waals surface area contributed by atoms with Gasteiger partial charge in [-0.05, 0) is 41.9 Å². The summed E-state index contributed by atoms with van der Waals surface area (Å²) in [6.45, 7) is 0. The molecule has 0 radical (unpaired) electrons. The minimum atomic E-state index is -0.411. The molecule has 0 spiro atoms. The van der Waals surface area contributed by atoms with E-state index in [9.17, 15) is 0 Å². The Labute approximate surface area is 102 Å². The Morgan fingerprint density at radius 1 is 1.33 bits per heavy atom. The van der Waals surface area contributed by atoms with E-state index in [0.717, 1.165) is 17.3 Å². The lowest BCUT2D eigenvalue weighted by atomic mass is 10.1. The molecule has 1 aromatic carbocycles. The SMILES string of the molecule is N#CS[C@H](C#N)Cc1cc(Cl)ccc1Cl. The molecule has 76 valence electrons. The van der Waals surface area contributed by atoms with Crippen LogP contribution in [0.1, 0.15) is 5.56 Å². The number of nitrogens with zero attached hydrogens (tertiary/aromatic N) is 2. The summed E-state index contributed by atoms with van der Waals surface area (Å²) in [4.78, 5) is 0. The maximum Gasteiger partial charge on any atom is 0.134 e. The van der Waals surface area contributed by atoms with Gasteiger partial charge in [0.1, 0.15) is 10.7 Å². The summed E-state index contributed by atoms with van der Waals surface area (Å²) in [7, 11) is 0. The van der Waals surface area contributed by atoms with E-state index in [0.29, 0.717) is 16.5 Å². The van der Waals surface area contributed by atoms with Gasteiger partial charge in [-0.25, -0.2) is 0 Å². The van der Waals surface area contributed by atoms with Crippen LogP contribution in [-0.2, 0) is 6.42 Å². The highest BCUT2D eigenvalue weighted by atomic mass is 35.5. The van der Waals surface area contributed by atoms with Crippen LogP contribution in [0.4, 0.5) is 0 Å². The highest BCUT2D eigenvalue weighted by Crippen LogP contribution is 2.24. The van der Waals surface area contributed by atoms with Crippen molar-refractivity contribution in [1.29, 1.82) is 10.5 Å². The molecule has 0 amide bonds. The van der Waals surface area contributed by atoms with Crippen molar-refractivity contribution in [2.24, 2.45) is 0 Å². The van der Waals surface area contributed by atoms with Gasteiger partial charge in [0, 0.05) is 10.0 Å². The predicted molar refractivity (Wildman–Crippen MR) is 62.8 cm³/mol. The number of hydrogen-bond donors (Lipinski definition) is 0. The summed E-state index contributed by atoms with van der Waals surface area (Å²) in [5.74, 6) is 0. The summed E-state index contributed by atoms with van der Waals surface area (Å²) in [6.07, 6.45) is 0.425. The molecule has 0 saturated carbocycles. The predicted octanol–water partition coefficient (Wildman–Crippen LogP) is 3.64. The Morgan fingerprint density at radius 3 is 2.67 bits per heavy atom.